The zero-order valence-electron chi connectivity index (χ0n) is 12.4. The molecule has 3 aromatic rings. The van der Waals surface area contributed by atoms with Crippen LogP contribution in [0.2, 0.25) is 5.02 Å². The second-order valence-corrected chi connectivity index (χ2v) is 5.52. The molecule has 0 spiro atoms. The number of aromatic hydroxyl groups is 2. The summed E-state index contributed by atoms with van der Waals surface area (Å²) in [7, 11) is 0. The zero-order valence-corrected chi connectivity index (χ0v) is 13.2. The van der Waals surface area contributed by atoms with Crippen LogP contribution in [-0.4, -0.2) is 22.3 Å². The fraction of sp³-hybridized carbons (Fsp3) is 0. The first-order valence-corrected chi connectivity index (χ1v) is 7.46. The number of halogens is 1. The molecule has 3 N–H and O–H groups in total. The van der Waals surface area contributed by atoms with Gasteiger partial charge in [-0.05, 0) is 35.0 Å². The summed E-state index contributed by atoms with van der Waals surface area (Å²) in [4.78, 5) is 12.1. The van der Waals surface area contributed by atoms with Crippen LogP contribution in [0.3, 0.4) is 0 Å². The highest BCUT2D eigenvalue weighted by Gasteiger charge is 2.11. The molecule has 0 aliphatic heterocycles. The van der Waals surface area contributed by atoms with Gasteiger partial charge in [0, 0.05) is 10.6 Å². The maximum atomic E-state index is 12.1. The van der Waals surface area contributed by atoms with Gasteiger partial charge in [-0.1, -0.05) is 41.9 Å². The number of fused-ring (bicyclic) bond motifs is 1. The van der Waals surface area contributed by atoms with Gasteiger partial charge in [0.15, 0.2) is 0 Å². The van der Waals surface area contributed by atoms with E-state index in [2.05, 4.69) is 10.5 Å². The Morgan fingerprint density at radius 1 is 1.04 bits per heavy atom. The third-order valence-corrected chi connectivity index (χ3v) is 3.75. The van der Waals surface area contributed by atoms with Gasteiger partial charge in [0.25, 0.3) is 5.91 Å². The lowest BCUT2D eigenvalue weighted by atomic mass is 10.0. The number of carbonyl (C=O) groups excluding carboxylic acids is 1. The van der Waals surface area contributed by atoms with Gasteiger partial charge in [-0.2, -0.15) is 5.10 Å². The maximum absolute atomic E-state index is 12.1. The van der Waals surface area contributed by atoms with Crippen LogP contribution < -0.4 is 5.43 Å². The summed E-state index contributed by atoms with van der Waals surface area (Å²) < 4.78 is 0. The Bertz CT molecular complexity index is 954. The van der Waals surface area contributed by atoms with E-state index in [9.17, 15) is 15.0 Å². The molecule has 0 radical (unpaired) electrons. The molecule has 1 amide bonds. The molecule has 0 aliphatic carbocycles. The highest BCUT2D eigenvalue weighted by molar-refractivity contribution is 6.31. The standard InChI is InChI=1S/C18H13ClN2O3/c19-12-6-8-16(22)14(9-12)18(24)21-20-10-15-13-4-2-1-3-11(13)5-7-17(15)23/h1-10,22-23H,(H,21,24). The predicted molar refractivity (Wildman–Crippen MR) is 93.8 cm³/mol. The summed E-state index contributed by atoms with van der Waals surface area (Å²) in [6.45, 7) is 0. The quantitative estimate of drug-likeness (QED) is 0.502. The van der Waals surface area contributed by atoms with Crippen molar-refractivity contribution in [1.82, 2.24) is 5.43 Å². The van der Waals surface area contributed by atoms with Gasteiger partial charge in [-0.3, -0.25) is 4.79 Å². The van der Waals surface area contributed by atoms with Crippen molar-refractivity contribution in [2.75, 3.05) is 0 Å². The largest absolute Gasteiger partial charge is 0.507 e. The van der Waals surface area contributed by atoms with Crippen LogP contribution >= 0.6 is 11.6 Å². The van der Waals surface area contributed by atoms with E-state index in [4.69, 9.17) is 11.6 Å². The van der Waals surface area contributed by atoms with E-state index >= 15 is 0 Å². The van der Waals surface area contributed by atoms with Crippen molar-refractivity contribution in [1.29, 1.82) is 0 Å². The molecule has 0 bridgehead atoms. The first kappa shape index (κ1) is 15.8. The number of benzene rings is 3. The van der Waals surface area contributed by atoms with Crippen LogP contribution in [0, 0.1) is 0 Å². The molecular formula is C18H13ClN2O3. The predicted octanol–water partition coefficient (Wildman–Crippen LogP) is 3.67. The van der Waals surface area contributed by atoms with E-state index in [0.717, 1.165) is 10.8 Å². The monoisotopic (exact) mass is 340 g/mol. The molecule has 0 fully saturated rings. The average Bonchev–Trinajstić information content (AvgIpc) is 2.59. The van der Waals surface area contributed by atoms with Crippen LogP contribution in [-0.2, 0) is 0 Å². The fourth-order valence-electron chi connectivity index (χ4n) is 2.33. The number of hydrazone groups is 1. The van der Waals surface area contributed by atoms with Gasteiger partial charge in [0.1, 0.15) is 11.5 Å². The van der Waals surface area contributed by atoms with Crippen molar-refractivity contribution >= 4 is 34.5 Å². The zero-order chi connectivity index (χ0) is 17.1. The van der Waals surface area contributed by atoms with E-state index in [-0.39, 0.29) is 17.1 Å². The number of hydrogen-bond donors (Lipinski definition) is 3. The molecule has 5 nitrogen and oxygen atoms in total. The molecule has 0 saturated heterocycles. The van der Waals surface area contributed by atoms with Crippen molar-refractivity contribution in [3.05, 3.63) is 70.7 Å². The smallest absolute Gasteiger partial charge is 0.275 e. The number of nitrogens with one attached hydrogen (secondary N) is 1. The third-order valence-electron chi connectivity index (χ3n) is 3.51. The normalized spacial score (nSPS) is 11.0. The van der Waals surface area contributed by atoms with Gasteiger partial charge in [0.2, 0.25) is 0 Å². The number of amides is 1. The molecular weight excluding hydrogens is 328 g/mol. The summed E-state index contributed by atoms with van der Waals surface area (Å²) >= 11 is 5.81. The molecule has 6 heteroatoms. The van der Waals surface area contributed by atoms with Crippen molar-refractivity contribution in [2.24, 2.45) is 5.10 Å². The van der Waals surface area contributed by atoms with E-state index in [0.29, 0.717) is 10.6 Å². The van der Waals surface area contributed by atoms with E-state index in [1.54, 1.807) is 12.1 Å². The molecule has 0 saturated carbocycles. The molecule has 3 rings (SSSR count). The lowest BCUT2D eigenvalue weighted by molar-refractivity contribution is 0.0952. The first-order chi connectivity index (χ1) is 11.6. The molecule has 0 aromatic heterocycles. The van der Waals surface area contributed by atoms with Gasteiger partial charge < -0.3 is 10.2 Å². The highest BCUT2D eigenvalue weighted by atomic mass is 35.5. The van der Waals surface area contributed by atoms with E-state index in [1.807, 2.05) is 24.3 Å². The molecule has 0 unspecified atom stereocenters. The molecule has 120 valence electrons. The Balaban J connectivity index is 1.86. The number of nitrogens with zero attached hydrogens (tertiary/aromatic N) is 1. The third kappa shape index (κ3) is 3.16. The summed E-state index contributed by atoms with van der Waals surface area (Å²) in [5.74, 6) is -0.747. The summed E-state index contributed by atoms with van der Waals surface area (Å²) in [6, 6.07) is 15.0. The summed E-state index contributed by atoms with van der Waals surface area (Å²) in [6.07, 6.45) is 1.36. The minimum absolute atomic E-state index is 0.0155. The molecule has 0 aliphatic rings. The fourth-order valence-corrected chi connectivity index (χ4v) is 2.50. The van der Waals surface area contributed by atoms with Crippen molar-refractivity contribution in [3.63, 3.8) is 0 Å². The van der Waals surface area contributed by atoms with Crippen LogP contribution in [0.25, 0.3) is 10.8 Å². The number of carbonyl (C=O) groups is 1. The minimum atomic E-state index is -0.606. The Morgan fingerprint density at radius 3 is 2.62 bits per heavy atom. The second-order valence-electron chi connectivity index (χ2n) is 5.08. The van der Waals surface area contributed by atoms with E-state index in [1.165, 1.54) is 24.4 Å². The van der Waals surface area contributed by atoms with Crippen molar-refractivity contribution in [2.45, 2.75) is 0 Å². The average molecular weight is 341 g/mol. The van der Waals surface area contributed by atoms with Gasteiger partial charge in [0.05, 0.1) is 11.8 Å². The summed E-state index contributed by atoms with van der Waals surface area (Å²) in [5.41, 5.74) is 2.81. The Kier molecular flexibility index (Phi) is 4.35. The molecule has 0 heterocycles. The Labute approximate surface area is 142 Å². The first-order valence-electron chi connectivity index (χ1n) is 7.09. The lowest BCUT2D eigenvalue weighted by Crippen LogP contribution is -2.17. The van der Waals surface area contributed by atoms with Crippen molar-refractivity contribution < 1.29 is 15.0 Å². The number of rotatable bonds is 3. The molecule has 0 atom stereocenters. The van der Waals surface area contributed by atoms with Gasteiger partial charge >= 0.3 is 0 Å². The van der Waals surface area contributed by atoms with Crippen LogP contribution in [0.5, 0.6) is 11.5 Å². The lowest BCUT2D eigenvalue weighted by Gasteiger charge is -2.05. The number of hydrogen-bond acceptors (Lipinski definition) is 4. The van der Waals surface area contributed by atoms with E-state index < -0.39 is 5.91 Å². The maximum Gasteiger partial charge on any atom is 0.275 e. The van der Waals surface area contributed by atoms with Crippen LogP contribution in [0.15, 0.2) is 59.7 Å². The highest BCUT2D eigenvalue weighted by Crippen LogP contribution is 2.25. The van der Waals surface area contributed by atoms with Crippen LogP contribution in [0.4, 0.5) is 0 Å². The molecule has 24 heavy (non-hydrogen) atoms. The van der Waals surface area contributed by atoms with Crippen LogP contribution in [0.1, 0.15) is 15.9 Å². The van der Waals surface area contributed by atoms with Crippen molar-refractivity contribution in [3.8, 4) is 11.5 Å². The minimum Gasteiger partial charge on any atom is -0.507 e. The topological polar surface area (TPSA) is 81.9 Å². The Morgan fingerprint density at radius 2 is 1.79 bits per heavy atom. The Hall–Kier alpha value is -3.05. The molecule has 3 aromatic carbocycles. The second kappa shape index (κ2) is 6.60. The number of phenols is 2. The number of phenolic OH excluding ortho intramolecular Hbond substituents is 2. The van der Waals surface area contributed by atoms with Gasteiger partial charge in [-0.15, -0.1) is 0 Å². The SMILES string of the molecule is O=C(NN=Cc1c(O)ccc2ccccc12)c1cc(Cl)ccc1O. The summed E-state index contributed by atoms with van der Waals surface area (Å²) in [5, 5.41) is 25.6. The van der Waals surface area contributed by atoms with Gasteiger partial charge in [-0.25, -0.2) is 5.43 Å².